The van der Waals surface area contributed by atoms with Crippen LogP contribution in [0.3, 0.4) is 0 Å². The number of carbonyl (C=O) groups excluding carboxylic acids is 2. The maximum atomic E-state index is 12.5. The first-order valence-electron chi connectivity index (χ1n) is 9.21. The largest absolute Gasteiger partial charge is 0.384 e. The van der Waals surface area contributed by atoms with Gasteiger partial charge in [0.15, 0.2) is 5.78 Å². The van der Waals surface area contributed by atoms with Crippen molar-refractivity contribution < 1.29 is 9.59 Å². The maximum absolute atomic E-state index is 12.5. The quantitative estimate of drug-likeness (QED) is 0.824. The second kappa shape index (κ2) is 8.50. The minimum Gasteiger partial charge on any atom is -0.384 e. The van der Waals surface area contributed by atoms with E-state index < -0.39 is 0 Å². The highest BCUT2D eigenvalue weighted by Crippen LogP contribution is 2.23. The van der Waals surface area contributed by atoms with E-state index in [0.717, 1.165) is 38.0 Å². The van der Waals surface area contributed by atoms with Crippen molar-refractivity contribution in [3.63, 3.8) is 0 Å². The molecular formula is C22H23N3O2. The number of nitrogens with one attached hydrogen (secondary N) is 1. The van der Waals surface area contributed by atoms with Crippen LogP contribution in [0.4, 0.5) is 5.69 Å². The molecule has 1 saturated heterocycles. The Balaban J connectivity index is 1.57. The van der Waals surface area contributed by atoms with Crippen LogP contribution in [-0.4, -0.2) is 36.2 Å². The van der Waals surface area contributed by atoms with E-state index in [1.54, 1.807) is 18.2 Å². The van der Waals surface area contributed by atoms with Gasteiger partial charge in [-0.05, 0) is 56.0 Å². The minimum absolute atomic E-state index is 0.0229. The summed E-state index contributed by atoms with van der Waals surface area (Å²) in [5.41, 5.74) is 2.58. The zero-order valence-electron chi connectivity index (χ0n) is 15.4. The molecule has 3 rings (SSSR count). The summed E-state index contributed by atoms with van der Waals surface area (Å²) in [5, 5.41) is 12.4. The van der Waals surface area contributed by atoms with Crippen molar-refractivity contribution in [2.24, 2.45) is 5.92 Å². The predicted molar refractivity (Wildman–Crippen MR) is 105 cm³/mol. The Bertz CT molecular complexity index is 863. The van der Waals surface area contributed by atoms with Gasteiger partial charge in [-0.2, -0.15) is 5.26 Å². The number of carbonyl (C=O) groups is 2. The molecule has 27 heavy (non-hydrogen) atoms. The summed E-state index contributed by atoms with van der Waals surface area (Å²) in [7, 11) is 0. The number of benzene rings is 2. The highest BCUT2D eigenvalue weighted by Gasteiger charge is 2.23. The number of anilines is 1. The molecule has 0 spiro atoms. The molecule has 0 radical (unpaired) electrons. The normalized spacial score (nSPS) is 14.4. The molecule has 1 fully saturated rings. The van der Waals surface area contributed by atoms with Gasteiger partial charge < -0.3 is 10.2 Å². The van der Waals surface area contributed by atoms with Crippen molar-refractivity contribution in [3.8, 4) is 6.07 Å². The van der Waals surface area contributed by atoms with Crippen LogP contribution in [-0.2, 0) is 0 Å². The van der Waals surface area contributed by atoms with Gasteiger partial charge in [-0.3, -0.25) is 9.59 Å². The van der Waals surface area contributed by atoms with E-state index in [2.05, 4.69) is 11.4 Å². The molecular weight excluding hydrogens is 338 g/mol. The van der Waals surface area contributed by atoms with E-state index in [-0.39, 0.29) is 11.7 Å². The Morgan fingerprint density at radius 1 is 1.15 bits per heavy atom. The average molecular weight is 361 g/mol. The van der Waals surface area contributed by atoms with Gasteiger partial charge in [-0.25, -0.2) is 0 Å². The summed E-state index contributed by atoms with van der Waals surface area (Å²) >= 11 is 0. The lowest BCUT2D eigenvalue weighted by molar-refractivity contribution is 0.0694. The van der Waals surface area contributed by atoms with Crippen LogP contribution >= 0.6 is 0 Å². The van der Waals surface area contributed by atoms with Crippen molar-refractivity contribution >= 4 is 17.4 Å². The monoisotopic (exact) mass is 361 g/mol. The van der Waals surface area contributed by atoms with E-state index >= 15 is 0 Å². The fraction of sp³-hybridized carbons (Fsp3) is 0.318. The number of nitriles is 1. The number of hydrogen-bond donors (Lipinski definition) is 1. The van der Waals surface area contributed by atoms with Crippen LogP contribution in [0.1, 0.15) is 46.0 Å². The van der Waals surface area contributed by atoms with Crippen molar-refractivity contribution in [3.05, 3.63) is 65.2 Å². The summed E-state index contributed by atoms with van der Waals surface area (Å²) in [6, 6.07) is 16.6. The Morgan fingerprint density at radius 3 is 2.48 bits per heavy atom. The van der Waals surface area contributed by atoms with Gasteiger partial charge in [0.05, 0.1) is 11.6 Å². The molecule has 1 N–H and O–H groups in total. The van der Waals surface area contributed by atoms with Crippen molar-refractivity contribution in [2.45, 2.75) is 19.8 Å². The van der Waals surface area contributed by atoms with E-state index in [4.69, 9.17) is 5.26 Å². The van der Waals surface area contributed by atoms with Crippen LogP contribution < -0.4 is 5.32 Å². The Morgan fingerprint density at radius 2 is 1.85 bits per heavy atom. The fourth-order valence-electron chi connectivity index (χ4n) is 3.42. The first kappa shape index (κ1) is 18.7. The van der Waals surface area contributed by atoms with Gasteiger partial charge in [0.1, 0.15) is 0 Å². The Kier molecular flexibility index (Phi) is 5.87. The molecule has 2 aromatic carbocycles. The van der Waals surface area contributed by atoms with Gasteiger partial charge in [-0.1, -0.05) is 18.2 Å². The standard InChI is InChI=1S/C22H23N3O2/c1-16(26)20-8-7-18(14-23)13-21(20)24-15-17-9-11-25(12-10-17)22(27)19-5-3-2-4-6-19/h2-8,13,17,24H,9-12,15H2,1H3. The molecule has 0 unspecified atom stereocenters. The molecule has 1 heterocycles. The van der Waals surface area contributed by atoms with Crippen molar-refractivity contribution in [1.82, 2.24) is 4.90 Å². The highest BCUT2D eigenvalue weighted by atomic mass is 16.2. The van der Waals surface area contributed by atoms with Crippen LogP contribution in [0.5, 0.6) is 0 Å². The third-order valence-electron chi connectivity index (χ3n) is 5.03. The highest BCUT2D eigenvalue weighted by molar-refractivity contribution is 5.99. The van der Waals surface area contributed by atoms with Crippen LogP contribution in [0.2, 0.25) is 0 Å². The first-order chi connectivity index (χ1) is 13.1. The van der Waals surface area contributed by atoms with E-state index in [1.165, 1.54) is 6.92 Å². The van der Waals surface area contributed by atoms with Gasteiger partial charge in [-0.15, -0.1) is 0 Å². The molecule has 5 nitrogen and oxygen atoms in total. The second-order valence-electron chi connectivity index (χ2n) is 6.91. The smallest absolute Gasteiger partial charge is 0.253 e. The van der Waals surface area contributed by atoms with E-state index in [1.807, 2.05) is 35.2 Å². The van der Waals surface area contributed by atoms with E-state index in [9.17, 15) is 9.59 Å². The predicted octanol–water partition coefficient (Wildman–Crippen LogP) is 3.73. The number of ketones is 1. The van der Waals surface area contributed by atoms with Gasteiger partial charge >= 0.3 is 0 Å². The molecule has 2 aromatic rings. The average Bonchev–Trinajstić information content (AvgIpc) is 2.72. The lowest BCUT2D eigenvalue weighted by Crippen LogP contribution is -2.39. The van der Waals surface area contributed by atoms with Crippen molar-refractivity contribution in [2.75, 3.05) is 25.0 Å². The molecule has 138 valence electrons. The summed E-state index contributed by atoms with van der Waals surface area (Å²) in [5.74, 6) is 0.489. The van der Waals surface area contributed by atoms with E-state index in [0.29, 0.717) is 22.7 Å². The topological polar surface area (TPSA) is 73.2 Å². The zero-order chi connectivity index (χ0) is 19.2. The molecule has 0 bridgehead atoms. The summed E-state index contributed by atoms with van der Waals surface area (Å²) in [6.07, 6.45) is 1.83. The van der Waals surface area contributed by atoms with Gasteiger partial charge in [0.2, 0.25) is 0 Å². The number of nitrogens with zero attached hydrogens (tertiary/aromatic N) is 2. The lowest BCUT2D eigenvalue weighted by atomic mass is 9.95. The maximum Gasteiger partial charge on any atom is 0.253 e. The number of hydrogen-bond acceptors (Lipinski definition) is 4. The summed E-state index contributed by atoms with van der Waals surface area (Å²) in [4.78, 5) is 26.2. The summed E-state index contributed by atoms with van der Waals surface area (Å²) < 4.78 is 0. The lowest BCUT2D eigenvalue weighted by Gasteiger charge is -2.32. The first-order valence-corrected chi connectivity index (χ1v) is 9.21. The third-order valence-corrected chi connectivity index (χ3v) is 5.03. The summed E-state index contributed by atoms with van der Waals surface area (Å²) in [6.45, 7) is 3.72. The van der Waals surface area contributed by atoms with Crippen LogP contribution in [0.25, 0.3) is 0 Å². The van der Waals surface area contributed by atoms with Gasteiger partial charge in [0, 0.05) is 36.4 Å². The molecule has 1 amide bonds. The number of piperidine rings is 1. The van der Waals surface area contributed by atoms with Gasteiger partial charge in [0.25, 0.3) is 5.91 Å². The second-order valence-corrected chi connectivity index (χ2v) is 6.91. The molecule has 5 heteroatoms. The number of rotatable bonds is 5. The molecule has 0 aromatic heterocycles. The number of amides is 1. The minimum atomic E-state index is -0.0229. The van der Waals surface area contributed by atoms with Crippen LogP contribution in [0.15, 0.2) is 48.5 Å². The fourth-order valence-corrected chi connectivity index (χ4v) is 3.42. The van der Waals surface area contributed by atoms with Crippen molar-refractivity contribution in [1.29, 1.82) is 5.26 Å². The number of likely N-dealkylation sites (tertiary alicyclic amines) is 1. The van der Waals surface area contributed by atoms with Crippen LogP contribution in [0, 0.1) is 17.2 Å². The molecule has 1 aliphatic heterocycles. The SMILES string of the molecule is CC(=O)c1ccc(C#N)cc1NCC1CCN(C(=O)c2ccccc2)CC1. The third kappa shape index (κ3) is 4.53. The molecule has 0 aliphatic carbocycles. The Hall–Kier alpha value is -3.13. The zero-order valence-corrected chi connectivity index (χ0v) is 15.4. The molecule has 0 atom stereocenters. The molecule has 1 aliphatic rings. The molecule has 0 saturated carbocycles. The Labute approximate surface area is 159 Å². The number of Topliss-reactive ketones (excluding diaryl/α,β-unsaturated/α-hetero) is 1.